The maximum atomic E-state index is 13.9. The lowest BCUT2D eigenvalue weighted by Crippen LogP contribution is -2.43. The minimum atomic E-state index is -0.106. The fraction of sp³-hybridized carbons (Fsp3) is 0.647. The molecule has 4 heteroatoms. The van der Waals surface area contributed by atoms with Gasteiger partial charge in [0.25, 0.3) is 0 Å². The Bertz CT molecular complexity index is 502. The molecule has 2 aliphatic rings. The van der Waals surface area contributed by atoms with Gasteiger partial charge in [0.2, 0.25) is 0 Å². The van der Waals surface area contributed by atoms with Gasteiger partial charge in [0.15, 0.2) is 0 Å². The van der Waals surface area contributed by atoms with Crippen LogP contribution >= 0.6 is 11.8 Å². The summed E-state index contributed by atoms with van der Waals surface area (Å²) in [5.74, 6) is 2.73. The van der Waals surface area contributed by atoms with Crippen LogP contribution in [0.25, 0.3) is 0 Å². The Hall–Kier alpha value is -0.580. The third-order valence-electron chi connectivity index (χ3n) is 4.94. The largest absolute Gasteiger partial charge is 0.374 e. The number of hydrogen-bond donors (Lipinski definition) is 1. The van der Waals surface area contributed by atoms with Gasteiger partial charge in [-0.25, -0.2) is 4.39 Å². The molecule has 0 aliphatic carbocycles. The standard InChI is InChI=1S/C17H24FNOS/c1-12-3-4-13(9-15(12)18)16(19-2)14-5-7-20-17(10-14)6-8-21-11-17/h3-4,9,14,16,19H,5-8,10-11H2,1-2H3. The number of thioether (sulfide) groups is 1. The van der Waals surface area contributed by atoms with E-state index in [9.17, 15) is 4.39 Å². The summed E-state index contributed by atoms with van der Waals surface area (Å²) in [6, 6.07) is 5.86. The number of hydrogen-bond acceptors (Lipinski definition) is 3. The molecule has 0 radical (unpaired) electrons. The molecule has 2 fully saturated rings. The molecule has 1 aromatic carbocycles. The van der Waals surface area contributed by atoms with Crippen LogP contribution in [0.5, 0.6) is 0 Å². The average molecular weight is 309 g/mol. The van der Waals surface area contributed by atoms with Crippen molar-refractivity contribution in [3.8, 4) is 0 Å². The van der Waals surface area contributed by atoms with Gasteiger partial charge >= 0.3 is 0 Å². The van der Waals surface area contributed by atoms with Crippen molar-refractivity contribution in [3.63, 3.8) is 0 Å². The summed E-state index contributed by atoms with van der Waals surface area (Å²) in [6.45, 7) is 2.64. The summed E-state index contributed by atoms with van der Waals surface area (Å²) in [7, 11) is 1.98. The molecule has 2 heterocycles. The van der Waals surface area contributed by atoms with Crippen molar-refractivity contribution in [2.75, 3.05) is 25.2 Å². The van der Waals surface area contributed by atoms with Gasteiger partial charge in [-0.1, -0.05) is 12.1 Å². The highest BCUT2D eigenvalue weighted by Crippen LogP contribution is 2.44. The van der Waals surface area contributed by atoms with Gasteiger partial charge in [-0.3, -0.25) is 0 Å². The molecule has 1 aromatic rings. The van der Waals surface area contributed by atoms with Gasteiger partial charge in [0, 0.05) is 18.4 Å². The van der Waals surface area contributed by atoms with E-state index in [-0.39, 0.29) is 17.5 Å². The van der Waals surface area contributed by atoms with E-state index in [0.29, 0.717) is 11.5 Å². The van der Waals surface area contributed by atoms with Crippen LogP contribution in [0.4, 0.5) is 4.39 Å². The predicted molar refractivity (Wildman–Crippen MR) is 86.3 cm³/mol. The van der Waals surface area contributed by atoms with Gasteiger partial charge in [-0.05, 0) is 62.1 Å². The quantitative estimate of drug-likeness (QED) is 0.920. The van der Waals surface area contributed by atoms with Crippen LogP contribution < -0.4 is 5.32 Å². The normalized spacial score (nSPS) is 30.7. The van der Waals surface area contributed by atoms with Crippen molar-refractivity contribution in [2.24, 2.45) is 5.92 Å². The zero-order valence-corrected chi connectivity index (χ0v) is 13.6. The third-order valence-corrected chi connectivity index (χ3v) is 6.16. The van der Waals surface area contributed by atoms with Crippen LogP contribution in [-0.4, -0.2) is 30.8 Å². The van der Waals surface area contributed by atoms with Crippen molar-refractivity contribution in [2.45, 2.75) is 37.8 Å². The number of nitrogens with one attached hydrogen (secondary N) is 1. The molecule has 0 saturated carbocycles. The van der Waals surface area contributed by atoms with Gasteiger partial charge in [0.1, 0.15) is 5.82 Å². The first-order valence-electron chi connectivity index (χ1n) is 7.79. The molecule has 2 saturated heterocycles. The number of halogens is 1. The molecule has 0 bridgehead atoms. The lowest BCUT2D eigenvalue weighted by Gasteiger charge is -2.41. The molecule has 1 N–H and O–H groups in total. The minimum Gasteiger partial charge on any atom is -0.374 e. The molecular weight excluding hydrogens is 285 g/mol. The molecule has 2 nitrogen and oxygen atoms in total. The summed E-state index contributed by atoms with van der Waals surface area (Å²) in [4.78, 5) is 0. The Morgan fingerprint density at radius 3 is 3.00 bits per heavy atom. The van der Waals surface area contributed by atoms with Gasteiger partial charge in [-0.2, -0.15) is 11.8 Å². The van der Waals surface area contributed by atoms with E-state index in [0.717, 1.165) is 37.2 Å². The Morgan fingerprint density at radius 1 is 1.48 bits per heavy atom. The molecular formula is C17H24FNOS. The summed E-state index contributed by atoms with van der Waals surface area (Å²) >= 11 is 2.00. The second-order valence-corrected chi connectivity index (χ2v) is 7.47. The fourth-order valence-electron chi connectivity index (χ4n) is 3.69. The van der Waals surface area contributed by atoms with Gasteiger partial charge in [0.05, 0.1) is 5.60 Å². The summed E-state index contributed by atoms with van der Waals surface area (Å²) in [6.07, 6.45) is 3.29. The van der Waals surface area contributed by atoms with Gasteiger partial charge < -0.3 is 10.1 Å². The topological polar surface area (TPSA) is 21.3 Å². The first kappa shape index (κ1) is 15.3. The van der Waals surface area contributed by atoms with Crippen molar-refractivity contribution in [1.82, 2.24) is 5.32 Å². The second kappa shape index (κ2) is 6.27. The molecule has 116 valence electrons. The van der Waals surface area contributed by atoms with Crippen molar-refractivity contribution in [3.05, 3.63) is 35.1 Å². The van der Waals surface area contributed by atoms with Crippen LogP contribution in [0.2, 0.25) is 0 Å². The van der Waals surface area contributed by atoms with Crippen molar-refractivity contribution < 1.29 is 9.13 Å². The predicted octanol–water partition coefficient (Wildman–Crippen LogP) is 3.70. The van der Waals surface area contributed by atoms with E-state index < -0.39 is 0 Å². The number of rotatable bonds is 3. The summed E-state index contributed by atoms with van der Waals surface area (Å²) in [5.41, 5.74) is 1.85. The maximum absolute atomic E-state index is 13.9. The van der Waals surface area contributed by atoms with Crippen LogP contribution in [0.15, 0.2) is 18.2 Å². The van der Waals surface area contributed by atoms with E-state index in [1.165, 1.54) is 5.75 Å². The molecule has 2 aliphatic heterocycles. The Morgan fingerprint density at radius 2 is 2.33 bits per heavy atom. The van der Waals surface area contributed by atoms with E-state index in [2.05, 4.69) is 11.4 Å². The average Bonchev–Trinajstić information content (AvgIpc) is 2.91. The number of ether oxygens (including phenoxy) is 1. The molecule has 0 aromatic heterocycles. The molecule has 3 unspecified atom stereocenters. The number of aryl methyl sites for hydroxylation is 1. The third kappa shape index (κ3) is 3.13. The SMILES string of the molecule is CNC(c1ccc(C)c(F)c1)C1CCOC2(CCSC2)C1. The van der Waals surface area contributed by atoms with Crippen LogP contribution in [-0.2, 0) is 4.74 Å². The first-order chi connectivity index (χ1) is 10.1. The highest BCUT2D eigenvalue weighted by molar-refractivity contribution is 7.99. The van der Waals surface area contributed by atoms with Crippen molar-refractivity contribution in [1.29, 1.82) is 0 Å². The second-order valence-electron chi connectivity index (χ2n) is 6.36. The first-order valence-corrected chi connectivity index (χ1v) is 8.94. The minimum absolute atomic E-state index is 0.0753. The lowest BCUT2D eigenvalue weighted by atomic mass is 9.79. The maximum Gasteiger partial charge on any atom is 0.126 e. The number of benzene rings is 1. The van der Waals surface area contributed by atoms with Crippen LogP contribution in [0.3, 0.4) is 0 Å². The summed E-state index contributed by atoms with van der Waals surface area (Å²) < 4.78 is 20.0. The Labute approximate surface area is 130 Å². The van der Waals surface area contributed by atoms with E-state index in [4.69, 9.17) is 4.74 Å². The van der Waals surface area contributed by atoms with Gasteiger partial charge in [-0.15, -0.1) is 0 Å². The van der Waals surface area contributed by atoms with Crippen LogP contribution in [0.1, 0.15) is 36.4 Å². The van der Waals surface area contributed by atoms with Crippen LogP contribution in [0, 0.1) is 18.7 Å². The Kier molecular flexibility index (Phi) is 4.57. The highest BCUT2D eigenvalue weighted by Gasteiger charge is 2.42. The molecule has 21 heavy (non-hydrogen) atoms. The van der Waals surface area contributed by atoms with E-state index in [1.807, 2.05) is 31.8 Å². The zero-order valence-electron chi connectivity index (χ0n) is 12.8. The lowest BCUT2D eigenvalue weighted by molar-refractivity contribution is -0.0850. The smallest absolute Gasteiger partial charge is 0.126 e. The highest BCUT2D eigenvalue weighted by atomic mass is 32.2. The monoisotopic (exact) mass is 309 g/mol. The van der Waals surface area contributed by atoms with E-state index in [1.54, 1.807) is 6.07 Å². The molecule has 0 amide bonds. The fourth-order valence-corrected chi connectivity index (χ4v) is 5.07. The van der Waals surface area contributed by atoms with Crippen molar-refractivity contribution >= 4 is 11.8 Å². The molecule has 3 atom stereocenters. The zero-order chi connectivity index (χ0) is 14.9. The molecule has 1 spiro atoms. The Balaban J connectivity index is 1.80. The summed E-state index contributed by atoms with van der Waals surface area (Å²) in [5, 5.41) is 3.41. The van der Waals surface area contributed by atoms with E-state index >= 15 is 0 Å². The molecule has 3 rings (SSSR count).